The average molecular weight is 446 g/mol. The molecule has 0 saturated heterocycles. The maximum absolute atomic E-state index is 11.8. The fraction of sp³-hybridized carbons (Fsp3) is 0.240. The Morgan fingerprint density at radius 2 is 1.66 bits per heavy atom. The topological polar surface area (TPSA) is 88.2 Å². The van der Waals surface area contributed by atoms with Gasteiger partial charge in [0.2, 0.25) is 0 Å². The number of rotatable bonds is 5. The Kier molecular flexibility index (Phi) is 5.57. The summed E-state index contributed by atoms with van der Waals surface area (Å²) in [5.41, 5.74) is 2.49. The molecule has 0 atom stereocenters. The number of fused-ring (bicyclic) bond motifs is 1. The van der Waals surface area contributed by atoms with E-state index in [1.54, 1.807) is 17.8 Å². The van der Waals surface area contributed by atoms with E-state index in [9.17, 15) is 15.0 Å². The van der Waals surface area contributed by atoms with Gasteiger partial charge in [-0.15, -0.1) is 15.0 Å². The van der Waals surface area contributed by atoms with E-state index in [0.717, 1.165) is 35.5 Å². The minimum absolute atomic E-state index is 0.0705. The predicted molar refractivity (Wildman–Crippen MR) is 124 cm³/mol. The lowest BCUT2D eigenvalue weighted by atomic mass is 9.83. The molecule has 0 amide bonds. The molecular weight excluding hydrogens is 422 g/mol. The largest absolute Gasteiger partial charge is 0.505 e. The third kappa shape index (κ3) is 4.08. The summed E-state index contributed by atoms with van der Waals surface area (Å²) in [4.78, 5) is 15.3. The summed E-state index contributed by atoms with van der Waals surface area (Å²) in [6.45, 7) is 0. The Hall–Kier alpha value is -3.32. The Morgan fingerprint density at radius 1 is 0.906 bits per heavy atom. The summed E-state index contributed by atoms with van der Waals surface area (Å²) in [5.74, 6) is -0.802. The molecule has 0 bridgehead atoms. The third-order valence-corrected chi connectivity index (χ3v) is 6.95. The highest BCUT2D eigenvalue weighted by Crippen LogP contribution is 2.40. The quantitative estimate of drug-likeness (QED) is 0.390. The van der Waals surface area contributed by atoms with Crippen LogP contribution in [0.3, 0.4) is 0 Å². The summed E-state index contributed by atoms with van der Waals surface area (Å²) >= 11 is 1.63. The number of hydrogen-bond donors (Lipinski definition) is 2. The van der Waals surface area contributed by atoms with Crippen molar-refractivity contribution in [3.63, 3.8) is 0 Å². The van der Waals surface area contributed by atoms with Crippen LogP contribution in [-0.4, -0.2) is 31.2 Å². The van der Waals surface area contributed by atoms with Crippen LogP contribution in [0.4, 0.5) is 0 Å². The summed E-state index contributed by atoms with van der Waals surface area (Å²) in [7, 11) is 0. The lowest BCUT2D eigenvalue weighted by Gasteiger charge is -2.24. The number of hydrogen-bond acceptors (Lipinski definition) is 5. The number of aromatic hydroxyl groups is 1. The molecule has 0 spiro atoms. The van der Waals surface area contributed by atoms with Gasteiger partial charge in [0.05, 0.1) is 5.56 Å². The summed E-state index contributed by atoms with van der Waals surface area (Å²) in [5, 5.41) is 29.8. The molecular formula is C25H23N3O3S. The molecule has 0 aliphatic heterocycles. The van der Waals surface area contributed by atoms with Crippen molar-refractivity contribution in [2.75, 3.05) is 0 Å². The first-order chi connectivity index (χ1) is 15.6. The Labute approximate surface area is 189 Å². The molecule has 1 saturated carbocycles. The SMILES string of the molecule is O=C(O)c1cc(C2CCCCC2)c(O)c(-n2nc3ccc(Sc4ccccc4)cc3n2)c1. The van der Waals surface area contributed by atoms with Gasteiger partial charge in [-0.1, -0.05) is 49.2 Å². The molecule has 1 heterocycles. The highest BCUT2D eigenvalue weighted by molar-refractivity contribution is 7.99. The van der Waals surface area contributed by atoms with E-state index in [4.69, 9.17) is 0 Å². The molecule has 0 unspecified atom stereocenters. The molecule has 6 nitrogen and oxygen atoms in total. The number of aromatic carboxylic acids is 1. The van der Waals surface area contributed by atoms with Crippen LogP contribution in [0.15, 0.2) is 70.5 Å². The number of carbonyl (C=O) groups is 1. The van der Waals surface area contributed by atoms with Crippen molar-refractivity contribution in [2.45, 2.75) is 47.8 Å². The number of phenolic OH excluding ortho intramolecular Hbond substituents is 1. The molecule has 32 heavy (non-hydrogen) atoms. The van der Waals surface area contributed by atoms with E-state index in [2.05, 4.69) is 10.2 Å². The van der Waals surface area contributed by atoms with E-state index in [1.165, 1.54) is 17.3 Å². The monoisotopic (exact) mass is 445 g/mol. The van der Waals surface area contributed by atoms with E-state index >= 15 is 0 Å². The van der Waals surface area contributed by atoms with Gasteiger partial charge >= 0.3 is 5.97 Å². The molecule has 7 heteroatoms. The van der Waals surface area contributed by atoms with E-state index in [0.29, 0.717) is 22.3 Å². The lowest BCUT2D eigenvalue weighted by Crippen LogP contribution is -2.10. The zero-order valence-electron chi connectivity index (χ0n) is 17.4. The fourth-order valence-electron chi connectivity index (χ4n) is 4.33. The van der Waals surface area contributed by atoms with Crippen LogP contribution in [0.25, 0.3) is 16.7 Å². The first-order valence-electron chi connectivity index (χ1n) is 10.8. The second kappa shape index (κ2) is 8.67. The molecule has 1 aliphatic rings. The zero-order chi connectivity index (χ0) is 22.1. The molecule has 1 fully saturated rings. The summed E-state index contributed by atoms with van der Waals surface area (Å²) < 4.78 is 0. The Balaban J connectivity index is 1.55. The van der Waals surface area contributed by atoms with E-state index < -0.39 is 5.97 Å². The van der Waals surface area contributed by atoms with Gasteiger partial charge in [0.25, 0.3) is 0 Å². The summed E-state index contributed by atoms with van der Waals surface area (Å²) in [6.07, 6.45) is 5.25. The maximum atomic E-state index is 11.8. The number of phenols is 1. The number of aromatic nitrogens is 3. The normalized spacial score (nSPS) is 14.6. The van der Waals surface area contributed by atoms with Crippen molar-refractivity contribution < 1.29 is 15.0 Å². The summed E-state index contributed by atoms with van der Waals surface area (Å²) in [6, 6.07) is 19.0. The van der Waals surface area contributed by atoms with Crippen LogP contribution in [0, 0.1) is 0 Å². The minimum Gasteiger partial charge on any atom is -0.505 e. The van der Waals surface area contributed by atoms with Crippen LogP contribution in [0.5, 0.6) is 5.75 Å². The van der Waals surface area contributed by atoms with Gasteiger partial charge in [-0.2, -0.15) is 0 Å². The van der Waals surface area contributed by atoms with Gasteiger partial charge in [-0.05, 0) is 61.2 Å². The van der Waals surface area contributed by atoms with Crippen LogP contribution >= 0.6 is 11.8 Å². The average Bonchev–Trinajstić information content (AvgIpc) is 3.23. The molecule has 3 aromatic carbocycles. The second-order valence-corrected chi connectivity index (χ2v) is 9.28. The molecule has 4 aromatic rings. The third-order valence-electron chi connectivity index (χ3n) is 5.96. The van der Waals surface area contributed by atoms with Crippen LogP contribution in [-0.2, 0) is 0 Å². The van der Waals surface area contributed by atoms with Crippen molar-refractivity contribution >= 4 is 28.8 Å². The zero-order valence-corrected chi connectivity index (χ0v) is 18.3. The first-order valence-corrected chi connectivity index (χ1v) is 11.6. The van der Waals surface area contributed by atoms with Crippen molar-refractivity contribution in [2.24, 2.45) is 0 Å². The first kappa shape index (κ1) is 20.6. The van der Waals surface area contributed by atoms with Crippen molar-refractivity contribution in [1.82, 2.24) is 15.0 Å². The van der Waals surface area contributed by atoms with Crippen LogP contribution in [0.2, 0.25) is 0 Å². The fourth-order valence-corrected chi connectivity index (χ4v) is 5.20. The predicted octanol–water partition coefficient (Wildman–Crippen LogP) is 6.02. The van der Waals surface area contributed by atoms with Crippen LogP contribution in [0.1, 0.15) is 53.9 Å². The lowest BCUT2D eigenvalue weighted by molar-refractivity contribution is 0.0696. The van der Waals surface area contributed by atoms with Gasteiger partial charge in [-0.25, -0.2) is 4.79 Å². The Bertz CT molecular complexity index is 1280. The molecule has 0 radical (unpaired) electrons. The number of carboxylic acids is 1. The van der Waals surface area contributed by atoms with Gasteiger partial charge in [0, 0.05) is 15.4 Å². The molecule has 5 rings (SSSR count). The van der Waals surface area contributed by atoms with Gasteiger partial charge < -0.3 is 10.2 Å². The second-order valence-electron chi connectivity index (χ2n) is 8.13. The highest BCUT2D eigenvalue weighted by Gasteiger charge is 2.24. The van der Waals surface area contributed by atoms with E-state index in [1.807, 2.05) is 48.5 Å². The standard InChI is InChI=1S/C25H23N3O3S/c29-24-20(16-7-3-1-4-8-16)13-17(25(30)31)14-23(24)28-26-21-12-11-19(15-22(21)27-28)32-18-9-5-2-6-10-18/h2,5-6,9-16,29H,1,3-4,7-8H2,(H,30,31). The van der Waals surface area contributed by atoms with Gasteiger partial charge in [-0.3, -0.25) is 0 Å². The van der Waals surface area contributed by atoms with Gasteiger partial charge in [0.15, 0.2) is 0 Å². The van der Waals surface area contributed by atoms with Crippen molar-refractivity contribution in [3.05, 3.63) is 71.8 Å². The smallest absolute Gasteiger partial charge is 0.335 e. The molecule has 1 aromatic heterocycles. The number of carboxylic acid groups (broad SMARTS) is 1. The van der Waals surface area contributed by atoms with E-state index in [-0.39, 0.29) is 17.2 Å². The Morgan fingerprint density at radius 3 is 2.41 bits per heavy atom. The van der Waals surface area contributed by atoms with Crippen molar-refractivity contribution in [3.8, 4) is 11.4 Å². The molecule has 1 aliphatic carbocycles. The molecule has 2 N–H and O–H groups in total. The van der Waals surface area contributed by atoms with Crippen LogP contribution < -0.4 is 0 Å². The van der Waals surface area contributed by atoms with Gasteiger partial charge in [0.1, 0.15) is 22.5 Å². The molecule has 162 valence electrons. The maximum Gasteiger partial charge on any atom is 0.335 e. The minimum atomic E-state index is -1.03. The highest BCUT2D eigenvalue weighted by atomic mass is 32.2. The number of nitrogens with zero attached hydrogens (tertiary/aromatic N) is 3. The van der Waals surface area contributed by atoms with Crippen molar-refractivity contribution in [1.29, 1.82) is 0 Å². The number of benzene rings is 3.